The van der Waals surface area contributed by atoms with Crippen molar-refractivity contribution in [2.45, 2.75) is 57.8 Å². The van der Waals surface area contributed by atoms with E-state index in [1.54, 1.807) is 18.2 Å². The number of nitrogens with zero attached hydrogens (tertiary/aromatic N) is 2. The van der Waals surface area contributed by atoms with E-state index in [0.29, 0.717) is 12.3 Å². The largest absolute Gasteiger partial charge is 0.360 e. The minimum Gasteiger partial charge on any atom is -0.360 e. The Morgan fingerprint density at radius 2 is 1.74 bits per heavy atom. The van der Waals surface area contributed by atoms with Crippen molar-refractivity contribution >= 4 is 27.5 Å². The second-order valence-corrected chi connectivity index (χ2v) is 7.38. The molecule has 0 saturated heterocycles. The Balaban J connectivity index is 3.08. The number of hydrogen-bond acceptors (Lipinski definition) is 2. The summed E-state index contributed by atoms with van der Waals surface area (Å²) in [6.07, 6.45) is 5.01. The standard InChI is InChI=1S/C17H27ClN2O2S/c1-4-7-8-9-14-17(20(5-2)6-3)19-23(21,22)16-13-11-10-12-15(16)18/h10-13H,4-9,14H2,1-3H3/b19-17-. The molecule has 0 N–H and O–H groups in total. The first-order chi connectivity index (χ1) is 11.0. The van der Waals surface area contributed by atoms with Gasteiger partial charge in [0.25, 0.3) is 10.0 Å². The van der Waals surface area contributed by atoms with Crippen LogP contribution in [0.4, 0.5) is 0 Å². The summed E-state index contributed by atoms with van der Waals surface area (Å²) in [4.78, 5) is 2.07. The van der Waals surface area contributed by atoms with Gasteiger partial charge in [0.15, 0.2) is 0 Å². The lowest BCUT2D eigenvalue weighted by Crippen LogP contribution is -2.31. The molecule has 0 spiro atoms. The summed E-state index contributed by atoms with van der Waals surface area (Å²) in [7, 11) is -3.78. The zero-order chi connectivity index (χ0) is 17.3. The fourth-order valence-electron chi connectivity index (χ4n) is 2.40. The van der Waals surface area contributed by atoms with Gasteiger partial charge in [-0.25, -0.2) is 0 Å². The van der Waals surface area contributed by atoms with Crippen molar-refractivity contribution in [1.29, 1.82) is 0 Å². The molecule has 0 radical (unpaired) electrons. The van der Waals surface area contributed by atoms with Crippen LogP contribution in [0.2, 0.25) is 5.02 Å². The minimum absolute atomic E-state index is 0.0693. The highest BCUT2D eigenvalue weighted by atomic mass is 35.5. The molecule has 0 aliphatic rings. The van der Waals surface area contributed by atoms with Crippen molar-refractivity contribution < 1.29 is 8.42 Å². The predicted octanol–water partition coefficient (Wildman–Crippen LogP) is 4.74. The zero-order valence-electron chi connectivity index (χ0n) is 14.3. The van der Waals surface area contributed by atoms with E-state index in [1.165, 1.54) is 6.07 Å². The normalized spacial score (nSPS) is 12.4. The SMILES string of the molecule is CCCCCC/C(=N/S(=O)(=O)c1ccccc1Cl)N(CC)CC. The van der Waals surface area contributed by atoms with Crippen molar-refractivity contribution in [3.63, 3.8) is 0 Å². The Hall–Kier alpha value is -1.07. The van der Waals surface area contributed by atoms with Crippen LogP contribution in [0.5, 0.6) is 0 Å². The summed E-state index contributed by atoms with van der Waals surface area (Å²) in [6.45, 7) is 7.64. The van der Waals surface area contributed by atoms with Crippen LogP contribution >= 0.6 is 11.6 Å². The smallest absolute Gasteiger partial charge is 0.285 e. The highest BCUT2D eigenvalue weighted by Crippen LogP contribution is 2.23. The van der Waals surface area contributed by atoms with Crippen LogP contribution in [0.3, 0.4) is 0 Å². The Morgan fingerprint density at radius 3 is 2.30 bits per heavy atom. The zero-order valence-corrected chi connectivity index (χ0v) is 15.8. The Morgan fingerprint density at radius 1 is 1.09 bits per heavy atom. The van der Waals surface area contributed by atoms with Crippen molar-refractivity contribution in [1.82, 2.24) is 4.90 Å². The average molecular weight is 359 g/mol. The molecule has 0 atom stereocenters. The summed E-state index contributed by atoms with van der Waals surface area (Å²) >= 11 is 6.02. The van der Waals surface area contributed by atoms with Crippen LogP contribution < -0.4 is 0 Å². The quantitative estimate of drug-likeness (QED) is 0.364. The first-order valence-electron chi connectivity index (χ1n) is 8.29. The molecule has 0 amide bonds. The third-order valence-electron chi connectivity index (χ3n) is 3.72. The molecule has 0 fully saturated rings. The lowest BCUT2D eigenvalue weighted by atomic mass is 10.1. The molecule has 1 rings (SSSR count). The topological polar surface area (TPSA) is 49.7 Å². The van der Waals surface area contributed by atoms with Gasteiger partial charge in [-0.2, -0.15) is 8.42 Å². The van der Waals surface area contributed by atoms with Crippen LogP contribution in [0.25, 0.3) is 0 Å². The van der Waals surface area contributed by atoms with Gasteiger partial charge < -0.3 is 4.90 Å². The summed E-state index contributed by atoms with van der Waals surface area (Å²) in [6, 6.07) is 6.44. The van der Waals surface area contributed by atoms with Gasteiger partial charge >= 0.3 is 0 Å². The molecule has 0 saturated carbocycles. The molecule has 0 heterocycles. The lowest BCUT2D eigenvalue weighted by molar-refractivity contribution is 0.451. The third kappa shape index (κ3) is 6.15. The summed E-state index contributed by atoms with van der Waals surface area (Å²) in [5, 5.41) is 0.209. The summed E-state index contributed by atoms with van der Waals surface area (Å²) in [5.41, 5.74) is 0. The van der Waals surface area contributed by atoms with E-state index in [0.717, 1.165) is 38.8 Å². The Labute approximate surface area is 145 Å². The van der Waals surface area contributed by atoms with Gasteiger partial charge in [0.05, 0.1) is 5.02 Å². The van der Waals surface area contributed by atoms with Gasteiger partial charge in [-0.05, 0) is 32.4 Å². The van der Waals surface area contributed by atoms with Crippen molar-refractivity contribution in [3.8, 4) is 0 Å². The van der Waals surface area contributed by atoms with E-state index in [1.807, 2.05) is 18.7 Å². The van der Waals surface area contributed by atoms with Gasteiger partial charge in [0.1, 0.15) is 10.7 Å². The molecule has 1 aromatic rings. The van der Waals surface area contributed by atoms with Crippen LogP contribution in [0.15, 0.2) is 33.6 Å². The molecule has 4 nitrogen and oxygen atoms in total. The molecular weight excluding hydrogens is 332 g/mol. The third-order valence-corrected chi connectivity index (χ3v) is 5.53. The van der Waals surface area contributed by atoms with E-state index < -0.39 is 10.0 Å². The first-order valence-corrected chi connectivity index (χ1v) is 10.1. The van der Waals surface area contributed by atoms with E-state index in [2.05, 4.69) is 11.3 Å². The number of benzene rings is 1. The summed E-state index contributed by atoms with van der Waals surface area (Å²) < 4.78 is 29.3. The molecule has 0 bridgehead atoms. The monoisotopic (exact) mass is 358 g/mol. The minimum atomic E-state index is -3.78. The molecular formula is C17H27ClN2O2S. The number of halogens is 1. The number of amidine groups is 1. The Bertz CT molecular complexity index is 611. The van der Waals surface area contributed by atoms with Gasteiger partial charge in [-0.1, -0.05) is 49.9 Å². The van der Waals surface area contributed by atoms with Crippen LogP contribution in [-0.2, 0) is 10.0 Å². The highest BCUT2D eigenvalue weighted by molar-refractivity contribution is 7.90. The summed E-state index contributed by atoms with van der Waals surface area (Å²) in [5.74, 6) is 0.631. The molecule has 0 aliphatic heterocycles. The average Bonchev–Trinajstić information content (AvgIpc) is 2.52. The molecule has 6 heteroatoms. The van der Waals surface area contributed by atoms with Gasteiger partial charge in [-0.3, -0.25) is 0 Å². The van der Waals surface area contributed by atoms with Crippen molar-refractivity contribution in [2.75, 3.05) is 13.1 Å². The molecule has 23 heavy (non-hydrogen) atoms. The van der Waals surface area contributed by atoms with Crippen LogP contribution in [0, 0.1) is 0 Å². The van der Waals surface area contributed by atoms with E-state index in [-0.39, 0.29) is 9.92 Å². The van der Waals surface area contributed by atoms with Crippen molar-refractivity contribution in [3.05, 3.63) is 29.3 Å². The van der Waals surface area contributed by atoms with E-state index >= 15 is 0 Å². The Kier molecular flexibility index (Phi) is 8.63. The molecule has 1 aromatic carbocycles. The lowest BCUT2D eigenvalue weighted by Gasteiger charge is -2.23. The fourth-order valence-corrected chi connectivity index (χ4v) is 3.98. The van der Waals surface area contributed by atoms with Crippen LogP contribution in [-0.4, -0.2) is 32.2 Å². The van der Waals surface area contributed by atoms with Crippen molar-refractivity contribution in [2.24, 2.45) is 4.40 Å². The molecule has 130 valence electrons. The molecule has 0 aromatic heterocycles. The maximum Gasteiger partial charge on any atom is 0.285 e. The molecule has 0 aliphatic carbocycles. The van der Waals surface area contributed by atoms with Gasteiger partial charge in [0.2, 0.25) is 0 Å². The van der Waals surface area contributed by atoms with E-state index in [9.17, 15) is 8.42 Å². The van der Waals surface area contributed by atoms with Crippen LogP contribution in [0.1, 0.15) is 52.9 Å². The van der Waals surface area contributed by atoms with E-state index in [4.69, 9.17) is 11.6 Å². The number of sulfonamides is 1. The number of hydrogen-bond donors (Lipinski definition) is 0. The highest BCUT2D eigenvalue weighted by Gasteiger charge is 2.19. The molecule has 0 unspecified atom stereocenters. The fraction of sp³-hybridized carbons (Fsp3) is 0.588. The maximum atomic E-state index is 12.6. The number of rotatable bonds is 9. The van der Waals surface area contributed by atoms with Gasteiger partial charge in [-0.15, -0.1) is 4.40 Å². The first kappa shape index (κ1) is 20.0. The van der Waals surface area contributed by atoms with Gasteiger partial charge in [0, 0.05) is 19.5 Å². The predicted molar refractivity (Wildman–Crippen MR) is 97.8 cm³/mol. The maximum absolute atomic E-state index is 12.6. The second kappa shape index (κ2) is 9.93. The second-order valence-electron chi connectivity index (χ2n) is 5.40. The number of unbranched alkanes of at least 4 members (excludes halogenated alkanes) is 3.